The molecule has 6 aromatic carbocycles. The summed E-state index contributed by atoms with van der Waals surface area (Å²) >= 11 is 0. The van der Waals surface area contributed by atoms with Gasteiger partial charge in [-0.3, -0.25) is 9.35 Å². The van der Waals surface area contributed by atoms with Crippen LogP contribution in [0.25, 0.3) is 10.8 Å². The van der Waals surface area contributed by atoms with Crippen LogP contribution in [0.4, 0.5) is 51.2 Å². The Balaban J connectivity index is 0.00000580. The van der Waals surface area contributed by atoms with Gasteiger partial charge in [0.2, 0.25) is 0 Å². The third kappa shape index (κ3) is 9.60. The number of benzene rings is 6. The summed E-state index contributed by atoms with van der Waals surface area (Å²) < 4.78 is 32.1. The summed E-state index contributed by atoms with van der Waals surface area (Å²) in [5.41, 5.74) is 16.4. The van der Waals surface area contributed by atoms with Crippen molar-refractivity contribution in [3.8, 4) is 5.75 Å². The van der Waals surface area contributed by atoms with E-state index in [1.54, 1.807) is 79.7 Å². The van der Waals surface area contributed by atoms with Crippen LogP contribution >= 0.6 is 0 Å². The Morgan fingerprint density at radius 2 is 1.20 bits per heavy atom. The van der Waals surface area contributed by atoms with E-state index < -0.39 is 16.1 Å². The number of rotatable bonds is 10. The maximum atomic E-state index is 12.9. The topological polar surface area (TPSA) is 267 Å². The van der Waals surface area contributed by atoms with Crippen LogP contribution in [-0.2, 0) is 10.1 Å². The fourth-order valence-electron chi connectivity index (χ4n) is 5.03. The Morgan fingerprint density at radius 3 is 1.84 bits per heavy atom. The third-order valence-corrected chi connectivity index (χ3v) is 8.79. The second-order valence-electron chi connectivity index (χ2n) is 11.7. The van der Waals surface area contributed by atoms with Crippen molar-refractivity contribution < 1.29 is 62.3 Å². The Morgan fingerprint density at radius 1 is 0.655 bits per heavy atom. The van der Waals surface area contributed by atoms with Crippen molar-refractivity contribution in [1.29, 1.82) is 0 Å². The van der Waals surface area contributed by atoms with Gasteiger partial charge in [0.15, 0.2) is 0 Å². The van der Waals surface area contributed by atoms with E-state index in [2.05, 4.69) is 36.0 Å². The zero-order chi connectivity index (χ0) is 38.6. The first-order valence-corrected chi connectivity index (χ1v) is 17.2. The number of phenols is 1. The molecule has 0 saturated carbocycles. The molecule has 55 heavy (non-hydrogen) atoms. The number of hydrogen-bond acceptors (Lipinski definition) is 13. The number of aromatic hydroxyl groups is 1. The molecule has 0 saturated heterocycles. The molecule has 16 nitrogen and oxygen atoms in total. The first-order valence-electron chi connectivity index (χ1n) is 15.8. The quantitative estimate of drug-likeness (QED) is 0.0386. The van der Waals surface area contributed by atoms with Crippen molar-refractivity contribution in [2.24, 2.45) is 30.7 Å². The standard InChI is InChI=1S/C37H29N9O7S.Na/c1-20-16-31(34(39)35(33(20)38)46-43-26-11-9-25(10-12-26)41-44-28-13-15-32(47)30(19-28)37(49)50)45-42-24-6-2-21(3-7-24)36(48)40-27-8-4-23-18-29(54(51,52)53)14-5-22(23)17-27;/h2-19,47H,38-39H2,1H3,(H,40,48)(H,49,50)(H,51,52,53);/q;+1. The van der Waals surface area contributed by atoms with Crippen LogP contribution < -0.4 is 46.3 Å². The van der Waals surface area contributed by atoms with Crippen molar-refractivity contribution in [1.82, 2.24) is 0 Å². The summed E-state index contributed by atoms with van der Waals surface area (Å²) in [5, 5.41) is 48.0. The predicted molar refractivity (Wildman–Crippen MR) is 202 cm³/mol. The average molecular weight is 767 g/mol. The number of nitrogens with two attached hydrogens (primary N) is 2. The van der Waals surface area contributed by atoms with E-state index in [1.807, 2.05) is 0 Å². The molecule has 0 atom stereocenters. The molecule has 0 aliphatic carbocycles. The summed E-state index contributed by atoms with van der Waals surface area (Å²) in [6.07, 6.45) is 0. The molecule has 6 rings (SSSR count). The first-order chi connectivity index (χ1) is 25.7. The Labute approximate surface area is 335 Å². The number of anilines is 3. The summed E-state index contributed by atoms with van der Waals surface area (Å²) in [4.78, 5) is 23.9. The van der Waals surface area contributed by atoms with Crippen LogP contribution in [0.5, 0.6) is 5.75 Å². The molecule has 0 aromatic heterocycles. The van der Waals surface area contributed by atoms with Gasteiger partial charge >= 0.3 is 35.5 Å². The van der Waals surface area contributed by atoms with Gasteiger partial charge in [0.1, 0.15) is 22.7 Å². The van der Waals surface area contributed by atoms with E-state index in [9.17, 15) is 32.8 Å². The van der Waals surface area contributed by atoms with Gasteiger partial charge in [0.25, 0.3) is 16.0 Å². The molecular weight excluding hydrogens is 738 g/mol. The number of carbonyl (C=O) groups is 2. The molecule has 0 unspecified atom stereocenters. The van der Waals surface area contributed by atoms with Gasteiger partial charge in [0, 0.05) is 11.3 Å². The number of aromatic carboxylic acids is 1. The van der Waals surface area contributed by atoms with Crippen molar-refractivity contribution in [3.63, 3.8) is 0 Å². The third-order valence-electron chi connectivity index (χ3n) is 7.94. The average Bonchev–Trinajstić information content (AvgIpc) is 3.15. The first kappa shape index (κ1) is 39.8. The van der Waals surface area contributed by atoms with E-state index in [0.29, 0.717) is 56.0 Å². The van der Waals surface area contributed by atoms with Crippen molar-refractivity contribution in [3.05, 3.63) is 126 Å². The molecule has 0 heterocycles. The number of aryl methyl sites for hydroxylation is 1. The van der Waals surface area contributed by atoms with Gasteiger partial charge in [-0.2, -0.15) is 28.9 Å². The minimum absolute atomic E-state index is 0. The van der Waals surface area contributed by atoms with E-state index >= 15 is 0 Å². The molecule has 0 fully saturated rings. The van der Waals surface area contributed by atoms with Crippen LogP contribution in [0.2, 0.25) is 0 Å². The van der Waals surface area contributed by atoms with Crippen molar-refractivity contribution in [2.75, 3.05) is 16.8 Å². The molecule has 0 spiro atoms. The molecule has 0 bridgehead atoms. The number of hydrogen-bond donors (Lipinski definition) is 6. The van der Waals surface area contributed by atoms with Gasteiger partial charge in [-0.15, -0.1) is 10.2 Å². The second-order valence-corrected chi connectivity index (χ2v) is 13.1. The van der Waals surface area contributed by atoms with Crippen molar-refractivity contribution >= 4 is 84.0 Å². The number of carboxylic acid groups (broad SMARTS) is 1. The molecular formula is C37H29N9NaO7S+. The number of amides is 1. The van der Waals surface area contributed by atoms with Crippen LogP contribution in [0.1, 0.15) is 26.3 Å². The molecule has 18 heteroatoms. The zero-order valence-corrected chi connectivity index (χ0v) is 31.9. The maximum Gasteiger partial charge on any atom is 1.00 e. The SMILES string of the molecule is Cc1cc(N=Nc2ccc(C(=O)Nc3ccc4cc(S(=O)(=O)O)ccc4c3)cc2)c(N)c(N=Nc2ccc(N=Nc3ccc(O)c(C(=O)O)c3)cc2)c1N.[Na+]. The Kier molecular flexibility index (Phi) is 12.1. The van der Waals surface area contributed by atoms with Crippen LogP contribution in [-0.4, -0.2) is 35.1 Å². The second kappa shape index (κ2) is 16.8. The molecule has 0 aliphatic heterocycles. The normalized spacial score (nSPS) is 11.7. The minimum Gasteiger partial charge on any atom is -0.507 e. The summed E-state index contributed by atoms with van der Waals surface area (Å²) in [7, 11) is -4.34. The fraction of sp³-hybridized carbons (Fsp3) is 0.0270. The van der Waals surface area contributed by atoms with E-state index in [0.717, 1.165) is 0 Å². The fourth-order valence-corrected chi connectivity index (χ4v) is 5.54. The summed E-state index contributed by atoms with van der Waals surface area (Å²) in [6.45, 7) is 1.76. The van der Waals surface area contributed by atoms with Gasteiger partial charge < -0.3 is 27.0 Å². The number of carbonyl (C=O) groups excluding carboxylic acids is 1. The van der Waals surface area contributed by atoms with Crippen LogP contribution in [0.3, 0.4) is 0 Å². The Bertz CT molecular complexity index is 2650. The zero-order valence-electron chi connectivity index (χ0n) is 29.1. The minimum atomic E-state index is -4.34. The van der Waals surface area contributed by atoms with Crippen LogP contribution in [0.15, 0.2) is 145 Å². The summed E-state index contributed by atoms with van der Waals surface area (Å²) in [5.74, 6) is -2.05. The molecule has 8 N–H and O–H groups in total. The number of azo groups is 3. The Hall–Kier alpha value is -6.37. The molecule has 0 aliphatic rings. The van der Waals surface area contributed by atoms with Gasteiger partial charge in [-0.25, -0.2) is 4.79 Å². The van der Waals surface area contributed by atoms with E-state index in [4.69, 9.17) is 11.5 Å². The predicted octanol–water partition coefficient (Wildman–Crippen LogP) is 6.47. The monoisotopic (exact) mass is 766 g/mol. The number of carboxylic acids is 1. The maximum absolute atomic E-state index is 12.9. The van der Waals surface area contributed by atoms with Gasteiger partial charge in [0.05, 0.1) is 39.0 Å². The smallest absolute Gasteiger partial charge is 0.507 e. The molecule has 1 amide bonds. The summed E-state index contributed by atoms with van der Waals surface area (Å²) in [6, 6.07) is 27.5. The van der Waals surface area contributed by atoms with Crippen molar-refractivity contribution in [2.45, 2.75) is 11.8 Å². The van der Waals surface area contributed by atoms with Gasteiger partial charge in [-0.1, -0.05) is 12.1 Å². The molecule has 0 radical (unpaired) electrons. The van der Waals surface area contributed by atoms with Gasteiger partial charge in [-0.05, 0) is 120 Å². The van der Waals surface area contributed by atoms with Crippen LogP contribution in [0, 0.1) is 6.92 Å². The number of nitrogen functional groups attached to an aromatic ring is 2. The number of nitrogens with one attached hydrogen (secondary N) is 1. The van der Waals surface area contributed by atoms with E-state index in [1.165, 1.54) is 36.4 Å². The number of nitrogens with zero attached hydrogens (tertiary/aromatic N) is 6. The molecule has 6 aromatic rings. The molecule has 270 valence electrons. The van der Waals surface area contributed by atoms with E-state index in [-0.39, 0.29) is 68.7 Å². The number of fused-ring (bicyclic) bond motifs is 1. The largest absolute Gasteiger partial charge is 1.00 e.